The van der Waals surface area contributed by atoms with Crippen molar-refractivity contribution in [3.05, 3.63) is 24.1 Å². The Labute approximate surface area is 126 Å². The van der Waals surface area contributed by atoms with Crippen LogP contribution in [0.25, 0.3) is 11.1 Å². The van der Waals surface area contributed by atoms with E-state index in [1.54, 1.807) is 0 Å². The zero-order chi connectivity index (χ0) is 14.4. The molecule has 1 aromatic heterocycles. The van der Waals surface area contributed by atoms with E-state index in [1.807, 2.05) is 0 Å². The maximum absolute atomic E-state index is 5.84. The van der Waals surface area contributed by atoms with Crippen molar-refractivity contribution in [3.63, 3.8) is 0 Å². The van der Waals surface area contributed by atoms with E-state index < -0.39 is 0 Å². The van der Waals surface area contributed by atoms with Crippen LogP contribution in [0.5, 0.6) is 0 Å². The first-order valence-electron chi connectivity index (χ1n) is 8.36. The van der Waals surface area contributed by atoms with Gasteiger partial charge < -0.3 is 9.73 Å². The van der Waals surface area contributed by atoms with E-state index in [1.165, 1.54) is 37.8 Å². The molecule has 0 aliphatic heterocycles. The normalized spacial score (nSPS) is 29.7. The van der Waals surface area contributed by atoms with E-state index in [-0.39, 0.29) is 0 Å². The van der Waals surface area contributed by atoms with Crippen molar-refractivity contribution in [1.82, 2.24) is 4.98 Å². The minimum atomic E-state index is 0.577. The van der Waals surface area contributed by atoms with Gasteiger partial charge in [0.2, 0.25) is 0 Å². The number of hydrogen-bond acceptors (Lipinski definition) is 3. The Kier molecular flexibility index (Phi) is 3.16. The summed E-state index contributed by atoms with van der Waals surface area (Å²) < 4.78 is 5.84. The minimum Gasteiger partial charge on any atom is -0.440 e. The van der Waals surface area contributed by atoms with Gasteiger partial charge in [0.25, 0.3) is 0 Å². The number of nitrogens with one attached hydrogen (secondary N) is 1. The predicted octanol–water partition coefficient (Wildman–Crippen LogP) is 4.94. The topological polar surface area (TPSA) is 38.1 Å². The van der Waals surface area contributed by atoms with Gasteiger partial charge in [-0.05, 0) is 55.7 Å². The number of benzene rings is 1. The quantitative estimate of drug-likeness (QED) is 0.867. The second kappa shape index (κ2) is 5.04. The molecule has 3 atom stereocenters. The fourth-order valence-electron chi connectivity index (χ4n) is 3.49. The van der Waals surface area contributed by atoms with Crippen molar-refractivity contribution in [1.29, 1.82) is 0 Å². The lowest BCUT2D eigenvalue weighted by Gasteiger charge is -2.34. The van der Waals surface area contributed by atoms with E-state index in [9.17, 15) is 0 Å². The number of fused-ring (bicyclic) bond motifs is 1. The van der Waals surface area contributed by atoms with Gasteiger partial charge in [-0.2, -0.15) is 0 Å². The molecule has 0 amide bonds. The van der Waals surface area contributed by atoms with Gasteiger partial charge in [0, 0.05) is 17.6 Å². The molecule has 21 heavy (non-hydrogen) atoms. The Morgan fingerprint density at radius 3 is 2.81 bits per heavy atom. The molecule has 1 aromatic carbocycles. The monoisotopic (exact) mass is 284 g/mol. The van der Waals surface area contributed by atoms with Crippen molar-refractivity contribution in [3.8, 4) is 0 Å². The van der Waals surface area contributed by atoms with Crippen LogP contribution in [0.15, 0.2) is 22.6 Å². The fraction of sp³-hybridized carbons (Fsp3) is 0.611. The Balaban J connectivity index is 1.55. The Hall–Kier alpha value is -1.51. The third kappa shape index (κ3) is 2.66. The molecule has 3 heteroatoms. The Morgan fingerprint density at radius 2 is 2.00 bits per heavy atom. The van der Waals surface area contributed by atoms with Crippen molar-refractivity contribution in [2.75, 3.05) is 5.32 Å². The second-order valence-electron chi connectivity index (χ2n) is 7.16. The van der Waals surface area contributed by atoms with Crippen molar-refractivity contribution in [2.24, 2.45) is 11.8 Å². The third-order valence-electron chi connectivity index (χ3n) is 5.14. The Morgan fingerprint density at radius 1 is 1.14 bits per heavy atom. The van der Waals surface area contributed by atoms with Crippen LogP contribution in [-0.4, -0.2) is 11.0 Å². The van der Waals surface area contributed by atoms with Gasteiger partial charge >= 0.3 is 0 Å². The number of aromatic nitrogens is 1. The molecule has 112 valence electrons. The van der Waals surface area contributed by atoms with Crippen LogP contribution in [0.2, 0.25) is 0 Å². The average Bonchev–Trinajstić information content (AvgIpc) is 3.23. The van der Waals surface area contributed by atoms with Crippen LogP contribution in [0, 0.1) is 11.8 Å². The molecule has 2 saturated carbocycles. The van der Waals surface area contributed by atoms with Crippen molar-refractivity contribution >= 4 is 16.8 Å². The zero-order valence-electron chi connectivity index (χ0n) is 12.9. The number of rotatable bonds is 3. The number of anilines is 1. The van der Waals surface area contributed by atoms with E-state index >= 15 is 0 Å². The van der Waals surface area contributed by atoms with Gasteiger partial charge in [-0.1, -0.05) is 20.3 Å². The molecule has 0 spiro atoms. The summed E-state index contributed by atoms with van der Waals surface area (Å²) in [5.74, 6) is 3.09. The summed E-state index contributed by atoms with van der Waals surface area (Å²) in [5.41, 5.74) is 3.11. The van der Waals surface area contributed by atoms with Crippen LogP contribution in [-0.2, 0) is 0 Å². The largest absolute Gasteiger partial charge is 0.440 e. The zero-order valence-corrected chi connectivity index (χ0v) is 12.9. The first-order valence-corrected chi connectivity index (χ1v) is 8.36. The lowest BCUT2D eigenvalue weighted by Crippen LogP contribution is -2.33. The van der Waals surface area contributed by atoms with E-state index in [4.69, 9.17) is 4.42 Å². The number of hydrogen-bond donors (Lipinski definition) is 1. The third-order valence-corrected chi connectivity index (χ3v) is 5.14. The van der Waals surface area contributed by atoms with Crippen LogP contribution in [0.1, 0.15) is 57.8 Å². The molecule has 2 fully saturated rings. The Bertz CT molecular complexity index is 644. The van der Waals surface area contributed by atoms with E-state index in [0.717, 1.165) is 28.8 Å². The predicted molar refractivity (Wildman–Crippen MR) is 85.6 cm³/mol. The van der Waals surface area contributed by atoms with E-state index in [2.05, 4.69) is 42.3 Å². The molecule has 1 heterocycles. The molecule has 0 bridgehead atoms. The van der Waals surface area contributed by atoms with Crippen LogP contribution in [0.3, 0.4) is 0 Å². The van der Waals surface area contributed by atoms with Crippen LogP contribution in [0.4, 0.5) is 5.69 Å². The molecule has 1 N–H and O–H groups in total. The molecule has 2 aliphatic rings. The maximum Gasteiger partial charge on any atom is 0.198 e. The second-order valence-corrected chi connectivity index (χ2v) is 7.16. The highest BCUT2D eigenvalue weighted by Crippen LogP contribution is 2.41. The van der Waals surface area contributed by atoms with E-state index in [0.29, 0.717) is 12.0 Å². The first-order chi connectivity index (χ1) is 10.2. The molecule has 3 unspecified atom stereocenters. The summed E-state index contributed by atoms with van der Waals surface area (Å²) in [5, 5.41) is 3.73. The fourth-order valence-corrected chi connectivity index (χ4v) is 3.49. The molecule has 2 aromatic rings. The first kappa shape index (κ1) is 13.2. The van der Waals surface area contributed by atoms with Gasteiger partial charge in [0.05, 0.1) is 0 Å². The number of nitrogens with zero attached hydrogens (tertiary/aromatic N) is 1. The highest BCUT2D eigenvalue weighted by atomic mass is 16.3. The smallest absolute Gasteiger partial charge is 0.198 e. The van der Waals surface area contributed by atoms with Gasteiger partial charge in [-0.25, -0.2) is 4.98 Å². The summed E-state index contributed by atoms with van der Waals surface area (Å²) >= 11 is 0. The SMILES string of the molecule is CC1CCC(C)C(Nc2ccc3oc(C4CC4)nc3c2)C1. The summed E-state index contributed by atoms with van der Waals surface area (Å²) in [6.45, 7) is 4.73. The standard InChI is InChI=1S/C18H24N2O/c1-11-3-4-12(2)15(9-11)19-14-7-8-17-16(10-14)20-18(21-17)13-5-6-13/h7-8,10-13,15,19H,3-6,9H2,1-2H3. The van der Waals surface area contributed by atoms with Crippen LogP contribution >= 0.6 is 0 Å². The minimum absolute atomic E-state index is 0.577. The summed E-state index contributed by atoms with van der Waals surface area (Å²) in [4.78, 5) is 4.66. The maximum atomic E-state index is 5.84. The van der Waals surface area contributed by atoms with Crippen molar-refractivity contribution in [2.45, 2.75) is 57.9 Å². The molecule has 2 aliphatic carbocycles. The molecule has 0 radical (unpaired) electrons. The molecular weight excluding hydrogens is 260 g/mol. The van der Waals surface area contributed by atoms with Gasteiger partial charge in [-0.15, -0.1) is 0 Å². The summed E-state index contributed by atoms with van der Waals surface area (Å²) in [6.07, 6.45) is 6.43. The summed E-state index contributed by atoms with van der Waals surface area (Å²) in [6, 6.07) is 6.93. The van der Waals surface area contributed by atoms with Gasteiger partial charge in [0.15, 0.2) is 11.5 Å². The van der Waals surface area contributed by atoms with Crippen LogP contribution < -0.4 is 5.32 Å². The molecular formula is C18H24N2O. The average molecular weight is 284 g/mol. The molecule has 3 nitrogen and oxygen atoms in total. The highest BCUT2D eigenvalue weighted by Gasteiger charge is 2.29. The van der Waals surface area contributed by atoms with Gasteiger partial charge in [0.1, 0.15) is 5.52 Å². The van der Waals surface area contributed by atoms with Gasteiger partial charge in [-0.3, -0.25) is 0 Å². The lowest BCUT2D eigenvalue weighted by atomic mass is 9.80. The summed E-state index contributed by atoms with van der Waals surface area (Å²) in [7, 11) is 0. The molecule has 4 rings (SSSR count). The highest BCUT2D eigenvalue weighted by molar-refractivity contribution is 5.77. The lowest BCUT2D eigenvalue weighted by molar-refractivity contribution is 0.281. The molecule has 0 saturated heterocycles. The van der Waals surface area contributed by atoms with Crippen molar-refractivity contribution < 1.29 is 4.42 Å². The number of oxazole rings is 1.